The van der Waals surface area contributed by atoms with E-state index in [0.29, 0.717) is 0 Å². The summed E-state index contributed by atoms with van der Waals surface area (Å²) in [7, 11) is 0. The molecule has 0 aromatic heterocycles. The van der Waals surface area contributed by atoms with Gasteiger partial charge in [0.25, 0.3) is 0 Å². The van der Waals surface area contributed by atoms with Crippen LogP contribution in [-0.4, -0.2) is 13.1 Å². The molecule has 0 atom stereocenters. The summed E-state index contributed by atoms with van der Waals surface area (Å²) in [6.45, 7) is 4.36. The third-order valence-electron chi connectivity index (χ3n) is 2.59. The molecule has 0 saturated heterocycles. The predicted molar refractivity (Wildman–Crippen MR) is 59.5 cm³/mol. The summed E-state index contributed by atoms with van der Waals surface area (Å²) in [6.07, 6.45) is 1.11. The van der Waals surface area contributed by atoms with E-state index in [1.165, 1.54) is 23.0 Å². The van der Waals surface area contributed by atoms with E-state index in [0.717, 1.165) is 24.4 Å². The zero-order valence-corrected chi connectivity index (χ0v) is 8.97. The SMILES string of the molecule is CCN1CCc2cc(SC#N)ccc21. The van der Waals surface area contributed by atoms with Crippen molar-refractivity contribution in [2.45, 2.75) is 18.2 Å². The van der Waals surface area contributed by atoms with Crippen molar-refractivity contribution >= 4 is 17.4 Å². The highest BCUT2D eigenvalue weighted by atomic mass is 32.2. The van der Waals surface area contributed by atoms with Crippen molar-refractivity contribution in [1.82, 2.24) is 0 Å². The molecule has 1 aliphatic heterocycles. The van der Waals surface area contributed by atoms with Gasteiger partial charge in [-0.25, -0.2) is 0 Å². The second kappa shape index (κ2) is 3.93. The van der Waals surface area contributed by atoms with E-state index in [4.69, 9.17) is 5.26 Å². The maximum Gasteiger partial charge on any atom is 0.138 e. The van der Waals surface area contributed by atoms with Crippen LogP contribution in [0.1, 0.15) is 12.5 Å². The van der Waals surface area contributed by atoms with Crippen molar-refractivity contribution in [2.75, 3.05) is 18.0 Å². The fourth-order valence-electron chi connectivity index (χ4n) is 1.89. The molecule has 0 amide bonds. The number of nitriles is 1. The first-order chi connectivity index (χ1) is 6.85. The van der Waals surface area contributed by atoms with Crippen LogP contribution in [-0.2, 0) is 6.42 Å². The summed E-state index contributed by atoms with van der Waals surface area (Å²) in [5.74, 6) is 0. The molecular weight excluding hydrogens is 192 g/mol. The number of rotatable bonds is 2. The van der Waals surface area contributed by atoms with E-state index >= 15 is 0 Å². The smallest absolute Gasteiger partial charge is 0.138 e. The minimum Gasteiger partial charge on any atom is -0.371 e. The van der Waals surface area contributed by atoms with Crippen LogP contribution in [0.15, 0.2) is 23.1 Å². The molecule has 0 unspecified atom stereocenters. The van der Waals surface area contributed by atoms with E-state index in [1.54, 1.807) is 0 Å². The second-order valence-corrected chi connectivity index (χ2v) is 4.17. The summed E-state index contributed by atoms with van der Waals surface area (Å²) in [6, 6.07) is 6.30. The molecule has 0 bridgehead atoms. The lowest BCUT2D eigenvalue weighted by Gasteiger charge is -2.16. The molecule has 1 aromatic rings. The Morgan fingerprint density at radius 1 is 1.57 bits per heavy atom. The lowest BCUT2D eigenvalue weighted by atomic mass is 10.2. The molecule has 0 radical (unpaired) electrons. The van der Waals surface area contributed by atoms with E-state index in [9.17, 15) is 0 Å². The van der Waals surface area contributed by atoms with Gasteiger partial charge in [-0.2, -0.15) is 5.26 Å². The Balaban J connectivity index is 2.30. The first-order valence-corrected chi connectivity index (χ1v) is 5.60. The summed E-state index contributed by atoms with van der Waals surface area (Å²) in [5, 5.41) is 10.7. The fraction of sp³-hybridized carbons (Fsp3) is 0.364. The molecule has 3 heteroatoms. The van der Waals surface area contributed by atoms with Crippen molar-refractivity contribution in [3.63, 3.8) is 0 Å². The summed E-state index contributed by atoms with van der Waals surface area (Å²) in [4.78, 5) is 3.43. The highest BCUT2D eigenvalue weighted by Crippen LogP contribution is 2.31. The standard InChI is InChI=1S/C11H12N2S/c1-2-13-6-5-9-7-10(14-8-12)3-4-11(9)13/h3-4,7H,2,5-6H2,1H3. The van der Waals surface area contributed by atoms with Gasteiger partial charge in [0.15, 0.2) is 0 Å². The molecule has 0 fully saturated rings. The number of thioether (sulfide) groups is 1. The minimum atomic E-state index is 1.06. The van der Waals surface area contributed by atoms with Gasteiger partial charge in [-0.05, 0) is 48.9 Å². The van der Waals surface area contributed by atoms with Crippen LogP contribution in [0.2, 0.25) is 0 Å². The number of nitrogens with zero attached hydrogens (tertiary/aromatic N) is 2. The molecule has 1 aromatic carbocycles. The van der Waals surface area contributed by atoms with Gasteiger partial charge in [-0.3, -0.25) is 0 Å². The molecule has 0 N–H and O–H groups in total. The summed E-state index contributed by atoms with van der Waals surface area (Å²) in [5.41, 5.74) is 2.72. The number of thiocyanates is 1. The Morgan fingerprint density at radius 2 is 2.43 bits per heavy atom. The van der Waals surface area contributed by atoms with E-state index < -0.39 is 0 Å². The van der Waals surface area contributed by atoms with Crippen LogP contribution in [0.3, 0.4) is 0 Å². The Bertz CT molecular complexity index is 381. The van der Waals surface area contributed by atoms with Gasteiger partial charge < -0.3 is 4.90 Å². The number of likely N-dealkylation sites (N-methyl/N-ethyl adjacent to an activating group) is 1. The normalized spacial score (nSPS) is 13.9. The summed E-state index contributed by atoms with van der Waals surface area (Å²) >= 11 is 1.24. The lowest BCUT2D eigenvalue weighted by molar-refractivity contribution is 0.868. The van der Waals surface area contributed by atoms with Crippen LogP contribution < -0.4 is 4.90 Å². The van der Waals surface area contributed by atoms with Crippen molar-refractivity contribution in [3.8, 4) is 5.40 Å². The quantitative estimate of drug-likeness (QED) is 0.547. The molecule has 2 rings (SSSR count). The summed E-state index contributed by atoms with van der Waals surface area (Å²) < 4.78 is 0. The molecule has 1 heterocycles. The van der Waals surface area contributed by atoms with Crippen molar-refractivity contribution in [1.29, 1.82) is 5.26 Å². The van der Waals surface area contributed by atoms with Crippen LogP contribution in [0.25, 0.3) is 0 Å². The number of hydrogen-bond donors (Lipinski definition) is 0. The fourth-order valence-corrected chi connectivity index (χ4v) is 2.33. The third-order valence-corrected chi connectivity index (χ3v) is 3.17. The lowest BCUT2D eigenvalue weighted by Crippen LogP contribution is -2.18. The number of anilines is 1. The van der Waals surface area contributed by atoms with Gasteiger partial charge in [-0.15, -0.1) is 0 Å². The Labute approximate surface area is 88.5 Å². The highest BCUT2D eigenvalue weighted by molar-refractivity contribution is 8.03. The van der Waals surface area contributed by atoms with Crippen molar-refractivity contribution in [3.05, 3.63) is 23.8 Å². The predicted octanol–water partition coefficient (Wildman–Crippen LogP) is 2.64. The van der Waals surface area contributed by atoms with Crippen LogP contribution >= 0.6 is 11.8 Å². The highest BCUT2D eigenvalue weighted by Gasteiger charge is 2.17. The largest absolute Gasteiger partial charge is 0.371 e. The van der Waals surface area contributed by atoms with Crippen molar-refractivity contribution < 1.29 is 0 Å². The monoisotopic (exact) mass is 204 g/mol. The first kappa shape index (κ1) is 9.42. The van der Waals surface area contributed by atoms with Gasteiger partial charge >= 0.3 is 0 Å². The topological polar surface area (TPSA) is 27.0 Å². The number of fused-ring (bicyclic) bond motifs is 1. The molecule has 72 valence electrons. The third kappa shape index (κ3) is 1.58. The van der Waals surface area contributed by atoms with Gasteiger partial charge in [0.2, 0.25) is 0 Å². The maximum absolute atomic E-state index is 8.57. The Hall–Kier alpha value is -1.14. The van der Waals surface area contributed by atoms with Crippen LogP contribution in [0.4, 0.5) is 5.69 Å². The van der Waals surface area contributed by atoms with E-state index in [2.05, 4.69) is 29.4 Å². The zero-order valence-electron chi connectivity index (χ0n) is 8.16. The Kier molecular flexibility index (Phi) is 2.64. The molecule has 0 saturated carbocycles. The molecule has 14 heavy (non-hydrogen) atoms. The minimum absolute atomic E-state index is 1.06. The van der Waals surface area contributed by atoms with Crippen LogP contribution in [0, 0.1) is 10.7 Å². The molecule has 2 nitrogen and oxygen atoms in total. The molecule has 0 spiro atoms. The second-order valence-electron chi connectivity index (χ2n) is 3.31. The van der Waals surface area contributed by atoms with Gasteiger partial charge in [0, 0.05) is 23.7 Å². The average molecular weight is 204 g/mol. The molecular formula is C11H12N2S. The van der Waals surface area contributed by atoms with Gasteiger partial charge in [0.05, 0.1) is 0 Å². The van der Waals surface area contributed by atoms with E-state index in [1.807, 2.05) is 6.07 Å². The van der Waals surface area contributed by atoms with Crippen LogP contribution in [0.5, 0.6) is 0 Å². The molecule has 0 aliphatic carbocycles. The van der Waals surface area contributed by atoms with Gasteiger partial charge in [0.1, 0.15) is 5.40 Å². The van der Waals surface area contributed by atoms with E-state index in [-0.39, 0.29) is 0 Å². The maximum atomic E-state index is 8.57. The number of benzene rings is 1. The zero-order chi connectivity index (χ0) is 9.97. The molecule has 1 aliphatic rings. The average Bonchev–Trinajstić information content (AvgIpc) is 2.60. The van der Waals surface area contributed by atoms with Crippen molar-refractivity contribution in [2.24, 2.45) is 0 Å². The number of hydrogen-bond acceptors (Lipinski definition) is 3. The van der Waals surface area contributed by atoms with Gasteiger partial charge in [-0.1, -0.05) is 0 Å². The first-order valence-electron chi connectivity index (χ1n) is 4.79. The Morgan fingerprint density at radius 3 is 3.14 bits per heavy atom.